The predicted octanol–water partition coefficient (Wildman–Crippen LogP) is 1.61. The fourth-order valence-electron chi connectivity index (χ4n) is 2.84. The average molecular weight is 247 g/mol. The van der Waals surface area contributed by atoms with Crippen molar-refractivity contribution in [1.82, 2.24) is 4.90 Å². The molecule has 1 fully saturated rings. The van der Waals surface area contributed by atoms with E-state index >= 15 is 0 Å². The Morgan fingerprint density at radius 3 is 2.78 bits per heavy atom. The number of hydrogen-bond acceptors (Lipinski definition) is 4. The minimum Gasteiger partial charge on any atom is -0.489 e. The SMILES string of the molecule is NN1c2ccccc2OCC1CN1CCCCC1. The molecule has 0 radical (unpaired) electrons. The number of rotatable bonds is 2. The van der Waals surface area contributed by atoms with Gasteiger partial charge in [0.05, 0.1) is 11.7 Å². The summed E-state index contributed by atoms with van der Waals surface area (Å²) >= 11 is 0. The van der Waals surface area contributed by atoms with Crippen molar-refractivity contribution < 1.29 is 4.74 Å². The number of hydrogen-bond donors (Lipinski definition) is 1. The van der Waals surface area contributed by atoms with Gasteiger partial charge in [0, 0.05) is 6.54 Å². The number of likely N-dealkylation sites (tertiary alicyclic amines) is 1. The standard InChI is InChI=1S/C14H21N3O/c15-17-12(10-16-8-4-1-5-9-16)11-18-14-7-3-2-6-13(14)17/h2-3,6-7,12H,1,4-5,8-11,15H2. The minimum absolute atomic E-state index is 0.262. The molecular weight excluding hydrogens is 226 g/mol. The highest BCUT2D eigenvalue weighted by Gasteiger charge is 2.27. The molecule has 1 aromatic carbocycles. The Kier molecular flexibility index (Phi) is 3.39. The largest absolute Gasteiger partial charge is 0.489 e. The second-order valence-corrected chi connectivity index (χ2v) is 5.20. The van der Waals surface area contributed by atoms with Gasteiger partial charge in [-0.05, 0) is 38.1 Å². The molecule has 2 N–H and O–H groups in total. The maximum atomic E-state index is 6.23. The van der Waals surface area contributed by atoms with E-state index in [4.69, 9.17) is 10.6 Å². The Bertz CT molecular complexity index is 404. The second kappa shape index (κ2) is 5.16. The Morgan fingerprint density at radius 1 is 1.17 bits per heavy atom. The molecule has 0 aliphatic carbocycles. The first-order valence-electron chi connectivity index (χ1n) is 6.83. The van der Waals surface area contributed by atoms with E-state index in [-0.39, 0.29) is 6.04 Å². The van der Waals surface area contributed by atoms with Gasteiger partial charge in [0.2, 0.25) is 0 Å². The van der Waals surface area contributed by atoms with E-state index in [2.05, 4.69) is 4.90 Å². The first-order valence-corrected chi connectivity index (χ1v) is 6.83. The molecule has 18 heavy (non-hydrogen) atoms. The van der Waals surface area contributed by atoms with E-state index in [1.165, 1.54) is 32.4 Å². The molecule has 1 aromatic rings. The van der Waals surface area contributed by atoms with Gasteiger partial charge < -0.3 is 9.64 Å². The van der Waals surface area contributed by atoms with Crippen LogP contribution in [0.25, 0.3) is 0 Å². The third-order valence-corrected chi connectivity index (χ3v) is 3.89. The number of nitrogens with zero attached hydrogens (tertiary/aromatic N) is 2. The van der Waals surface area contributed by atoms with Gasteiger partial charge in [0.1, 0.15) is 12.4 Å². The van der Waals surface area contributed by atoms with Crippen molar-refractivity contribution in [1.29, 1.82) is 0 Å². The van der Waals surface area contributed by atoms with Crippen LogP contribution >= 0.6 is 0 Å². The number of fused-ring (bicyclic) bond motifs is 1. The first kappa shape index (κ1) is 11.8. The average Bonchev–Trinajstić information content (AvgIpc) is 2.43. The third-order valence-electron chi connectivity index (χ3n) is 3.89. The number of benzene rings is 1. The van der Waals surface area contributed by atoms with Crippen LogP contribution in [0, 0.1) is 0 Å². The van der Waals surface area contributed by atoms with E-state index in [1.807, 2.05) is 29.3 Å². The predicted molar refractivity (Wildman–Crippen MR) is 72.7 cm³/mol. The lowest BCUT2D eigenvalue weighted by Crippen LogP contribution is -2.53. The van der Waals surface area contributed by atoms with E-state index in [9.17, 15) is 0 Å². The van der Waals surface area contributed by atoms with Crippen molar-refractivity contribution in [3.05, 3.63) is 24.3 Å². The van der Waals surface area contributed by atoms with E-state index in [0.29, 0.717) is 6.61 Å². The van der Waals surface area contributed by atoms with Crippen LogP contribution in [0.1, 0.15) is 19.3 Å². The van der Waals surface area contributed by atoms with Crippen molar-refractivity contribution in [3.8, 4) is 5.75 Å². The molecule has 0 bridgehead atoms. The van der Waals surface area contributed by atoms with Gasteiger partial charge in [-0.2, -0.15) is 0 Å². The minimum atomic E-state index is 0.262. The van der Waals surface area contributed by atoms with Gasteiger partial charge in [0.15, 0.2) is 0 Å². The zero-order valence-corrected chi connectivity index (χ0v) is 10.7. The fourth-order valence-corrected chi connectivity index (χ4v) is 2.84. The van der Waals surface area contributed by atoms with Gasteiger partial charge in [-0.25, -0.2) is 5.84 Å². The summed E-state index contributed by atoms with van der Waals surface area (Å²) in [7, 11) is 0. The summed E-state index contributed by atoms with van der Waals surface area (Å²) in [5, 5.41) is 1.88. The Hall–Kier alpha value is -1.26. The van der Waals surface area contributed by atoms with Crippen LogP contribution in [0.3, 0.4) is 0 Å². The van der Waals surface area contributed by atoms with Gasteiger partial charge in [-0.3, -0.25) is 5.01 Å². The second-order valence-electron chi connectivity index (χ2n) is 5.20. The zero-order valence-electron chi connectivity index (χ0n) is 10.7. The first-order chi connectivity index (χ1) is 8.84. The smallest absolute Gasteiger partial charge is 0.144 e. The molecule has 4 heteroatoms. The van der Waals surface area contributed by atoms with Crippen molar-refractivity contribution in [2.24, 2.45) is 5.84 Å². The Balaban J connectivity index is 1.68. The topological polar surface area (TPSA) is 41.7 Å². The molecule has 0 saturated carbocycles. The van der Waals surface area contributed by atoms with Crippen LogP contribution in [-0.4, -0.2) is 37.2 Å². The van der Waals surface area contributed by atoms with Gasteiger partial charge in [-0.15, -0.1) is 0 Å². The van der Waals surface area contributed by atoms with Gasteiger partial charge >= 0.3 is 0 Å². The summed E-state index contributed by atoms with van der Waals surface area (Å²) in [6, 6.07) is 8.26. The summed E-state index contributed by atoms with van der Waals surface area (Å²) in [5.74, 6) is 7.13. The molecule has 2 aliphatic rings. The summed E-state index contributed by atoms with van der Waals surface area (Å²) in [6.07, 6.45) is 4.00. The van der Waals surface area contributed by atoms with Crippen molar-refractivity contribution in [2.45, 2.75) is 25.3 Å². The maximum Gasteiger partial charge on any atom is 0.144 e. The van der Waals surface area contributed by atoms with Gasteiger partial charge in [0.25, 0.3) is 0 Å². The number of para-hydroxylation sites is 2. The van der Waals surface area contributed by atoms with Crippen molar-refractivity contribution in [2.75, 3.05) is 31.3 Å². The molecule has 1 atom stereocenters. The molecule has 1 unspecified atom stereocenters. The Labute approximate surface area is 108 Å². The number of ether oxygens (including phenoxy) is 1. The number of hydrazine groups is 1. The molecular formula is C14H21N3O. The maximum absolute atomic E-state index is 6.23. The van der Waals surface area contributed by atoms with Crippen LogP contribution in [0.2, 0.25) is 0 Å². The van der Waals surface area contributed by atoms with E-state index in [0.717, 1.165) is 18.0 Å². The van der Waals surface area contributed by atoms with Crippen LogP contribution in [0.4, 0.5) is 5.69 Å². The molecule has 98 valence electrons. The van der Waals surface area contributed by atoms with Crippen molar-refractivity contribution in [3.63, 3.8) is 0 Å². The zero-order chi connectivity index (χ0) is 12.4. The summed E-state index contributed by atoms with van der Waals surface area (Å²) in [6.45, 7) is 4.09. The number of piperidine rings is 1. The lowest BCUT2D eigenvalue weighted by Gasteiger charge is -2.38. The van der Waals surface area contributed by atoms with Crippen LogP contribution in [0.5, 0.6) is 5.75 Å². The van der Waals surface area contributed by atoms with Crippen molar-refractivity contribution >= 4 is 5.69 Å². The summed E-state index contributed by atoms with van der Waals surface area (Å²) in [4.78, 5) is 2.51. The third kappa shape index (κ3) is 2.31. The Morgan fingerprint density at radius 2 is 1.94 bits per heavy atom. The highest BCUT2D eigenvalue weighted by atomic mass is 16.5. The number of nitrogens with two attached hydrogens (primary N) is 1. The highest BCUT2D eigenvalue weighted by Crippen LogP contribution is 2.31. The summed E-state index contributed by atoms with van der Waals surface area (Å²) in [5.41, 5.74) is 1.01. The number of anilines is 1. The molecule has 0 aromatic heterocycles. The fraction of sp³-hybridized carbons (Fsp3) is 0.571. The molecule has 0 spiro atoms. The monoisotopic (exact) mass is 247 g/mol. The van der Waals surface area contributed by atoms with E-state index in [1.54, 1.807) is 0 Å². The lowest BCUT2D eigenvalue weighted by molar-refractivity contribution is 0.175. The van der Waals surface area contributed by atoms with Crippen LogP contribution in [-0.2, 0) is 0 Å². The lowest BCUT2D eigenvalue weighted by atomic mass is 10.1. The van der Waals surface area contributed by atoms with Gasteiger partial charge in [-0.1, -0.05) is 18.6 Å². The molecule has 0 amide bonds. The normalized spacial score (nSPS) is 24.5. The van der Waals surface area contributed by atoms with Crippen LogP contribution in [0.15, 0.2) is 24.3 Å². The quantitative estimate of drug-likeness (QED) is 0.806. The molecule has 2 aliphatic heterocycles. The molecule has 2 heterocycles. The highest BCUT2D eigenvalue weighted by molar-refractivity contribution is 5.59. The molecule has 1 saturated heterocycles. The molecule has 3 rings (SSSR count). The van der Waals surface area contributed by atoms with E-state index < -0.39 is 0 Å². The molecule has 4 nitrogen and oxygen atoms in total. The van der Waals surface area contributed by atoms with Crippen LogP contribution < -0.4 is 15.6 Å². The summed E-state index contributed by atoms with van der Waals surface area (Å²) < 4.78 is 5.80.